The van der Waals surface area contributed by atoms with Crippen LogP contribution in [0.3, 0.4) is 0 Å². The Morgan fingerprint density at radius 1 is 1.04 bits per heavy atom. The summed E-state index contributed by atoms with van der Waals surface area (Å²) in [6, 6.07) is 10.1. The predicted molar refractivity (Wildman–Crippen MR) is 99.7 cm³/mol. The summed E-state index contributed by atoms with van der Waals surface area (Å²) in [6.45, 7) is -0.134. The third-order valence-electron chi connectivity index (χ3n) is 3.63. The molecule has 0 fully saturated rings. The number of hydrogen-bond donors (Lipinski definition) is 1. The first-order valence-electron chi connectivity index (χ1n) is 7.96. The molecule has 0 bridgehead atoms. The van der Waals surface area contributed by atoms with Crippen LogP contribution in [0.15, 0.2) is 36.4 Å². The average Bonchev–Trinajstić information content (AvgIpc) is 2.69. The summed E-state index contributed by atoms with van der Waals surface area (Å²) in [7, 11) is 4.43. The monoisotopic (exact) mass is 393 g/mol. The van der Waals surface area contributed by atoms with Crippen LogP contribution in [0.1, 0.15) is 15.9 Å². The summed E-state index contributed by atoms with van der Waals surface area (Å²) in [5.74, 6) is 0.164. The van der Waals surface area contributed by atoms with Crippen LogP contribution in [0.25, 0.3) is 0 Å². The van der Waals surface area contributed by atoms with Gasteiger partial charge in [0.2, 0.25) is 0 Å². The minimum absolute atomic E-state index is 0.151. The van der Waals surface area contributed by atoms with Crippen molar-refractivity contribution in [3.05, 3.63) is 52.5 Å². The van der Waals surface area contributed by atoms with E-state index < -0.39 is 18.5 Å². The Kier molecular flexibility index (Phi) is 7.31. The number of methoxy groups -OCH3 is 3. The zero-order valence-corrected chi connectivity index (χ0v) is 16.0. The largest absolute Gasteiger partial charge is 0.497 e. The molecule has 8 heteroatoms. The molecule has 1 N–H and O–H groups in total. The van der Waals surface area contributed by atoms with Crippen LogP contribution in [0, 0.1) is 0 Å². The van der Waals surface area contributed by atoms with E-state index in [1.54, 1.807) is 19.2 Å². The Hall–Kier alpha value is -2.93. The molecule has 27 heavy (non-hydrogen) atoms. The molecule has 7 nitrogen and oxygen atoms in total. The molecular weight excluding hydrogens is 374 g/mol. The maximum absolute atomic E-state index is 12.2. The molecule has 0 aromatic heterocycles. The summed E-state index contributed by atoms with van der Waals surface area (Å²) < 4.78 is 20.4. The first-order chi connectivity index (χ1) is 13.0. The smallest absolute Gasteiger partial charge is 0.338 e. The predicted octanol–water partition coefficient (Wildman–Crippen LogP) is 2.84. The van der Waals surface area contributed by atoms with Gasteiger partial charge in [-0.1, -0.05) is 23.7 Å². The molecule has 0 spiro atoms. The van der Waals surface area contributed by atoms with Crippen molar-refractivity contribution in [1.29, 1.82) is 0 Å². The fraction of sp³-hybridized carbons (Fsp3) is 0.263. The summed E-state index contributed by atoms with van der Waals surface area (Å²) in [4.78, 5) is 24.1. The van der Waals surface area contributed by atoms with Crippen molar-refractivity contribution in [3.8, 4) is 17.2 Å². The van der Waals surface area contributed by atoms with Gasteiger partial charge in [-0.15, -0.1) is 0 Å². The summed E-state index contributed by atoms with van der Waals surface area (Å²) in [5, 5.41) is 2.87. The van der Waals surface area contributed by atoms with Crippen molar-refractivity contribution in [2.45, 2.75) is 6.54 Å². The molecule has 144 valence electrons. The minimum Gasteiger partial charge on any atom is -0.497 e. The zero-order chi connectivity index (χ0) is 19.8. The number of rotatable bonds is 8. The van der Waals surface area contributed by atoms with Gasteiger partial charge in [-0.3, -0.25) is 4.79 Å². The molecule has 0 radical (unpaired) electrons. The third kappa shape index (κ3) is 5.52. The molecule has 0 aliphatic rings. The highest BCUT2D eigenvalue weighted by atomic mass is 35.5. The number of carbonyl (C=O) groups excluding carboxylic acids is 2. The van der Waals surface area contributed by atoms with E-state index in [2.05, 4.69) is 5.32 Å². The normalized spacial score (nSPS) is 10.1. The Morgan fingerprint density at radius 2 is 1.81 bits per heavy atom. The van der Waals surface area contributed by atoms with Gasteiger partial charge < -0.3 is 24.3 Å². The zero-order valence-electron chi connectivity index (χ0n) is 15.2. The fourth-order valence-corrected chi connectivity index (χ4v) is 2.57. The highest BCUT2D eigenvalue weighted by Gasteiger charge is 2.17. The number of halogens is 1. The second-order valence-electron chi connectivity index (χ2n) is 5.40. The lowest BCUT2D eigenvalue weighted by atomic mass is 10.2. The highest BCUT2D eigenvalue weighted by Crippen LogP contribution is 2.36. The van der Waals surface area contributed by atoms with Gasteiger partial charge in [-0.05, 0) is 29.8 Å². The summed E-state index contributed by atoms with van der Waals surface area (Å²) in [6.07, 6.45) is 0. The molecule has 2 rings (SSSR count). The van der Waals surface area contributed by atoms with Gasteiger partial charge in [0.1, 0.15) is 5.75 Å². The number of hydrogen-bond acceptors (Lipinski definition) is 6. The first-order valence-corrected chi connectivity index (χ1v) is 8.34. The van der Waals surface area contributed by atoms with Crippen LogP contribution in [0.4, 0.5) is 0 Å². The topological polar surface area (TPSA) is 83.1 Å². The maximum atomic E-state index is 12.2. The number of nitrogens with one attached hydrogen (secondary N) is 1. The van der Waals surface area contributed by atoms with Gasteiger partial charge in [0.05, 0.1) is 31.9 Å². The SMILES string of the molecule is COc1cccc(CNC(=O)COC(=O)c2cc(Cl)c(OC)c(OC)c2)c1. The quantitative estimate of drug-likeness (QED) is 0.694. The Morgan fingerprint density at radius 3 is 2.48 bits per heavy atom. The summed E-state index contributed by atoms with van der Waals surface area (Å²) >= 11 is 6.06. The molecule has 0 saturated heterocycles. The van der Waals surface area contributed by atoms with Crippen molar-refractivity contribution in [1.82, 2.24) is 5.32 Å². The van der Waals surface area contributed by atoms with Crippen molar-refractivity contribution < 1.29 is 28.5 Å². The number of carbonyl (C=O) groups is 2. The van der Waals surface area contributed by atoms with Gasteiger partial charge in [0.15, 0.2) is 18.1 Å². The number of amides is 1. The van der Waals surface area contributed by atoms with Gasteiger partial charge in [-0.25, -0.2) is 4.79 Å². The van der Waals surface area contributed by atoms with E-state index in [1.807, 2.05) is 12.1 Å². The van der Waals surface area contributed by atoms with Crippen molar-refractivity contribution in [3.63, 3.8) is 0 Å². The molecule has 2 aromatic rings. The molecule has 0 saturated carbocycles. The van der Waals surface area contributed by atoms with Crippen LogP contribution in [0.2, 0.25) is 5.02 Å². The van der Waals surface area contributed by atoms with E-state index in [9.17, 15) is 9.59 Å². The fourth-order valence-electron chi connectivity index (χ4n) is 2.28. The molecule has 0 aliphatic carbocycles. The molecule has 2 aromatic carbocycles. The van der Waals surface area contributed by atoms with E-state index >= 15 is 0 Å². The van der Waals surface area contributed by atoms with Gasteiger partial charge in [0, 0.05) is 6.54 Å². The second-order valence-corrected chi connectivity index (χ2v) is 5.81. The van der Waals surface area contributed by atoms with Crippen molar-refractivity contribution >= 4 is 23.5 Å². The Bertz CT molecular complexity index is 824. The minimum atomic E-state index is -0.700. The Balaban J connectivity index is 1.91. The van der Waals surface area contributed by atoms with E-state index in [0.29, 0.717) is 17.2 Å². The number of esters is 1. The van der Waals surface area contributed by atoms with E-state index in [1.165, 1.54) is 26.4 Å². The van der Waals surface area contributed by atoms with Gasteiger partial charge in [-0.2, -0.15) is 0 Å². The van der Waals surface area contributed by atoms with Crippen LogP contribution in [0.5, 0.6) is 17.2 Å². The van der Waals surface area contributed by atoms with Crippen LogP contribution in [-0.2, 0) is 16.1 Å². The van der Waals surface area contributed by atoms with E-state index in [0.717, 1.165) is 5.56 Å². The number of benzene rings is 2. The molecule has 0 atom stereocenters. The average molecular weight is 394 g/mol. The molecule has 1 amide bonds. The van der Waals surface area contributed by atoms with Gasteiger partial charge >= 0.3 is 5.97 Å². The number of ether oxygens (including phenoxy) is 4. The van der Waals surface area contributed by atoms with E-state index in [-0.39, 0.29) is 17.1 Å². The van der Waals surface area contributed by atoms with Gasteiger partial charge in [0.25, 0.3) is 5.91 Å². The lowest BCUT2D eigenvalue weighted by Gasteiger charge is -2.11. The molecular formula is C19H20ClNO6. The van der Waals surface area contributed by atoms with Crippen molar-refractivity contribution in [2.24, 2.45) is 0 Å². The third-order valence-corrected chi connectivity index (χ3v) is 3.91. The lowest BCUT2D eigenvalue weighted by molar-refractivity contribution is -0.124. The Labute approximate surface area is 162 Å². The maximum Gasteiger partial charge on any atom is 0.338 e. The first kappa shape index (κ1) is 20.4. The van der Waals surface area contributed by atoms with Crippen LogP contribution in [-0.4, -0.2) is 39.8 Å². The highest BCUT2D eigenvalue weighted by molar-refractivity contribution is 6.32. The van der Waals surface area contributed by atoms with E-state index in [4.69, 9.17) is 30.5 Å². The lowest BCUT2D eigenvalue weighted by Crippen LogP contribution is -2.28. The van der Waals surface area contributed by atoms with Crippen molar-refractivity contribution in [2.75, 3.05) is 27.9 Å². The van der Waals surface area contributed by atoms with Crippen LogP contribution < -0.4 is 19.5 Å². The second kappa shape index (κ2) is 9.68. The summed E-state index contributed by atoms with van der Waals surface area (Å²) in [5.41, 5.74) is 1.01. The standard InChI is InChI=1S/C19H20ClNO6/c1-24-14-6-4-5-12(7-14)10-21-17(22)11-27-19(23)13-8-15(20)18(26-3)16(9-13)25-2/h4-9H,10-11H2,1-3H3,(H,21,22). The molecule has 0 unspecified atom stereocenters. The molecule has 0 heterocycles. The molecule has 0 aliphatic heterocycles. The van der Waals surface area contributed by atoms with Crippen LogP contribution >= 0.6 is 11.6 Å².